The topological polar surface area (TPSA) is 95.0 Å². The number of nitrogens with one attached hydrogen (secondary N) is 2. The maximum absolute atomic E-state index is 12.6. The molecule has 0 spiro atoms. The van der Waals surface area contributed by atoms with Gasteiger partial charge in [0.15, 0.2) is 0 Å². The van der Waals surface area contributed by atoms with E-state index in [9.17, 15) is 18.0 Å². The summed E-state index contributed by atoms with van der Waals surface area (Å²) in [5.74, 6) is 1.10. The van der Waals surface area contributed by atoms with E-state index in [4.69, 9.17) is 10.1 Å². The molecule has 1 unspecified atom stereocenters. The predicted octanol–water partition coefficient (Wildman–Crippen LogP) is 5.75. The molecular formula is C30H35F3N8O. The van der Waals surface area contributed by atoms with Crippen LogP contribution in [0.15, 0.2) is 36.5 Å². The van der Waals surface area contributed by atoms with Crippen LogP contribution in [0.25, 0.3) is 22.2 Å². The second kappa shape index (κ2) is 11.0. The van der Waals surface area contributed by atoms with Gasteiger partial charge in [-0.2, -0.15) is 18.3 Å². The summed E-state index contributed by atoms with van der Waals surface area (Å²) < 4.78 is 40.0. The Morgan fingerprint density at radius 1 is 1.12 bits per heavy atom. The van der Waals surface area contributed by atoms with E-state index in [0.29, 0.717) is 24.9 Å². The molecule has 12 heteroatoms. The van der Waals surface area contributed by atoms with Crippen LogP contribution in [0.3, 0.4) is 0 Å². The average molecular weight is 581 g/mol. The number of aromatic amines is 1. The third-order valence-corrected chi connectivity index (χ3v) is 8.36. The van der Waals surface area contributed by atoms with E-state index >= 15 is 0 Å². The van der Waals surface area contributed by atoms with Crippen LogP contribution in [0, 0.1) is 19.8 Å². The molecule has 1 aromatic carbocycles. The number of carbonyl (C=O) groups is 1. The van der Waals surface area contributed by atoms with Crippen LogP contribution < -0.4 is 5.32 Å². The van der Waals surface area contributed by atoms with Crippen LogP contribution in [-0.2, 0) is 11.3 Å². The third kappa shape index (κ3) is 6.13. The molecule has 2 aliphatic rings. The Labute approximate surface area is 242 Å². The SMILES string of the molecule is Cc1nn(CC2CC2)c(C)c1-c1ccc2nc(Nc3cc(C(C)N4CCN(C(=O)CC(F)(F)F)CC4)ccn3)[nH]c2c1. The molecule has 0 radical (unpaired) electrons. The van der Waals surface area contributed by atoms with Gasteiger partial charge in [0, 0.05) is 56.2 Å². The zero-order chi connectivity index (χ0) is 29.6. The number of pyridine rings is 1. The number of aromatic nitrogens is 5. The van der Waals surface area contributed by atoms with Crippen LogP contribution in [0.2, 0.25) is 0 Å². The molecule has 0 bridgehead atoms. The van der Waals surface area contributed by atoms with Gasteiger partial charge < -0.3 is 15.2 Å². The molecule has 1 saturated heterocycles. The van der Waals surface area contributed by atoms with Crippen LogP contribution in [0.5, 0.6) is 0 Å². The number of rotatable bonds is 8. The molecule has 1 atom stereocenters. The molecule has 42 heavy (non-hydrogen) atoms. The maximum atomic E-state index is 12.6. The highest BCUT2D eigenvalue weighted by Crippen LogP contribution is 2.34. The molecule has 1 aliphatic carbocycles. The van der Waals surface area contributed by atoms with E-state index in [2.05, 4.69) is 50.8 Å². The zero-order valence-electron chi connectivity index (χ0n) is 24.0. The van der Waals surface area contributed by atoms with Gasteiger partial charge in [0.2, 0.25) is 11.9 Å². The fourth-order valence-electron chi connectivity index (χ4n) is 5.81. The highest BCUT2D eigenvalue weighted by atomic mass is 19.4. The summed E-state index contributed by atoms with van der Waals surface area (Å²) in [4.78, 5) is 27.9. The Morgan fingerprint density at radius 3 is 2.60 bits per heavy atom. The van der Waals surface area contributed by atoms with Crippen LogP contribution >= 0.6 is 0 Å². The van der Waals surface area contributed by atoms with Crippen LogP contribution in [-0.4, -0.2) is 72.8 Å². The van der Waals surface area contributed by atoms with Crippen molar-refractivity contribution in [3.8, 4) is 11.1 Å². The van der Waals surface area contributed by atoms with Crippen LogP contribution in [0.4, 0.5) is 24.9 Å². The molecule has 2 N–H and O–H groups in total. The summed E-state index contributed by atoms with van der Waals surface area (Å²) in [6.45, 7) is 8.77. The van der Waals surface area contributed by atoms with Gasteiger partial charge in [-0.25, -0.2) is 9.97 Å². The van der Waals surface area contributed by atoms with Crippen molar-refractivity contribution in [3.63, 3.8) is 0 Å². The maximum Gasteiger partial charge on any atom is 0.397 e. The number of amides is 1. The monoisotopic (exact) mass is 580 g/mol. The van der Waals surface area contributed by atoms with Gasteiger partial charge in [-0.15, -0.1) is 0 Å². The molecule has 9 nitrogen and oxygen atoms in total. The highest BCUT2D eigenvalue weighted by molar-refractivity contribution is 5.85. The first-order valence-corrected chi connectivity index (χ1v) is 14.4. The number of halogens is 3. The van der Waals surface area contributed by atoms with Crippen molar-refractivity contribution >= 4 is 28.7 Å². The summed E-state index contributed by atoms with van der Waals surface area (Å²) in [7, 11) is 0. The van der Waals surface area contributed by atoms with Crippen molar-refractivity contribution in [3.05, 3.63) is 53.5 Å². The largest absolute Gasteiger partial charge is 0.397 e. The number of piperazine rings is 1. The van der Waals surface area contributed by atoms with Crippen molar-refractivity contribution in [2.45, 2.75) is 58.8 Å². The van der Waals surface area contributed by atoms with Crippen molar-refractivity contribution in [1.29, 1.82) is 0 Å². The first-order valence-electron chi connectivity index (χ1n) is 14.4. The summed E-state index contributed by atoms with van der Waals surface area (Å²) in [6.07, 6.45) is -1.60. The number of nitrogens with zero attached hydrogens (tertiary/aromatic N) is 6. The third-order valence-electron chi connectivity index (χ3n) is 8.36. The van der Waals surface area contributed by atoms with E-state index in [0.717, 1.165) is 45.9 Å². The summed E-state index contributed by atoms with van der Waals surface area (Å²) in [5.41, 5.74) is 7.22. The predicted molar refractivity (Wildman–Crippen MR) is 154 cm³/mol. The Kier molecular flexibility index (Phi) is 7.42. The lowest BCUT2D eigenvalue weighted by atomic mass is 10.0. The molecule has 1 aliphatic heterocycles. The van der Waals surface area contributed by atoms with E-state index in [1.807, 2.05) is 25.1 Å². The molecule has 1 amide bonds. The minimum Gasteiger partial charge on any atom is -0.340 e. The van der Waals surface area contributed by atoms with Crippen molar-refractivity contribution in [2.75, 3.05) is 31.5 Å². The Balaban J connectivity index is 1.12. The van der Waals surface area contributed by atoms with Gasteiger partial charge in [0.05, 0.1) is 16.7 Å². The average Bonchev–Trinajstić information content (AvgIpc) is 3.61. The number of hydrogen-bond donors (Lipinski definition) is 2. The molecule has 4 aromatic rings. The molecule has 3 aromatic heterocycles. The van der Waals surface area contributed by atoms with Gasteiger partial charge in [0.25, 0.3) is 0 Å². The normalized spacial score (nSPS) is 17.1. The number of alkyl halides is 3. The van der Waals surface area contributed by atoms with E-state index in [1.165, 1.54) is 23.4 Å². The molecule has 4 heterocycles. The number of imidazole rings is 1. The minimum atomic E-state index is -4.48. The molecule has 222 valence electrons. The lowest BCUT2D eigenvalue weighted by Gasteiger charge is -2.38. The second-order valence-electron chi connectivity index (χ2n) is 11.5. The molecule has 6 rings (SSSR count). The molecule has 1 saturated carbocycles. The summed E-state index contributed by atoms with van der Waals surface area (Å²) in [5, 5.41) is 8.07. The fourth-order valence-corrected chi connectivity index (χ4v) is 5.81. The van der Waals surface area contributed by atoms with Gasteiger partial charge in [-0.05, 0) is 74.9 Å². The van der Waals surface area contributed by atoms with Crippen molar-refractivity contribution in [1.82, 2.24) is 34.5 Å². The quantitative estimate of drug-likeness (QED) is 0.276. The fraction of sp³-hybridized carbons (Fsp3) is 0.467. The number of fused-ring (bicyclic) bond motifs is 1. The van der Waals surface area contributed by atoms with Gasteiger partial charge >= 0.3 is 6.18 Å². The Morgan fingerprint density at radius 2 is 1.88 bits per heavy atom. The van der Waals surface area contributed by atoms with E-state index in [-0.39, 0.29) is 19.1 Å². The smallest absolute Gasteiger partial charge is 0.340 e. The first-order chi connectivity index (χ1) is 20.0. The van der Waals surface area contributed by atoms with Gasteiger partial charge in [-0.1, -0.05) is 6.07 Å². The second-order valence-corrected chi connectivity index (χ2v) is 11.5. The summed E-state index contributed by atoms with van der Waals surface area (Å²) in [6, 6.07) is 10.1. The highest BCUT2D eigenvalue weighted by Gasteiger charge is 2.35. The zero-order valence-corrected chi connectivity index (χ0v) is 24.0. The van der Waals surface area contributed by atoms with Crippen molar-refractivity contribution < 1.29 is 18.0 Å². The minimum absolute atomic E-state index is 0.000963. The number of carbonyl (C=O) groups excluding carboxylic acids is 1. The lowest BCUT2D eigenvalue weighted by Crippen LogP contribution is -2.50. The van der Waals surface area contributed by atoms with Crippen molar-refractivity contribution in [2.24, 2.45) is 5.92 Å². The van der Waals surface area contributed by atoms with E-state index < -0.39 is 18.5 Å². The Bertz CT molecular complexity index is 1600. The number of H-pyrrole nitrogens is 1. The lowest BCUT2D eigenvalue weighted by molar-refractivity contribution is -0.162. The number of anilines is 2. The first kappa shape index (κ1) is 28.2. The van der Waals surface area contributed by atoms with Crippen LogP contribution in [0.1, 0.15) is 49.2 Å². The molecule has 2 fully saturated rings. The van der Waals surface area contributed by atoms with Gasteiger partial charge in [-0.3, -0.25) is 14.4 Å². The Hall–Kier alpha value is -3.93. The number of benzene rings is 1. The summed E-state index contributed by atoms with van der Waals surface area (Å²) >= 11 is 0. The standard InChI is InChI=1S/C30H35F3N8O/c1-18-28(20(3)41(38-18)17-21-4-5-21)23-6-7-24-25(14-23)36-29(35-24)37-26-15-22(8-9-34-26)19(2)39-10-12-40(13-11-39)27(42)16-30(31,32)33/h6-9,14-15,19,21H,4-5,10-13,16-17H2,1-3H3,(H2,34,35,36,37). The van der Waals surface area contributed by atoms with Gasteiger partial charge in [0.1, 0.15) is 12.2 Å². The number of hydrogen-bond acceptors (Lipinski definition) is 6. The number of aryl methyl sites for hydroxylation is 1. The van der Waals surface area contributed by atoms with E-state index in [1.54, 1.807) is 6.20 Å². The molecular weight excluding hydrogens is 545 g/mol.